The predicted molar refractivity (Wildman–Crippen MR) is 113 cm³/mol. The monoisotopic (exact) mass is 393 g/mol. The Kier molecular flexibility index (Phi) is 5.48. The number of aromatic nitrogens is 2. The van der Waals surface area contributed by atoms with E-state index >= 15 is 0 Å². The number of nitrogens with zero attached hydrogens (tertiary/aromatic N) is 2. The fourth-order valence-corrected chi connectivity index (χ4v) is 4.13. The normalized spacial score (nSPS) is 14.8. The lowest BCUT2D eigenvalue weighted by Crippen LogP contribution is -2.29. The van der Waals surface area contributed by atoms with Gasteiger partial charge in [0.25, 0.3) is 5.56 Å². The summed E-state index contributed by atoms with van der Waals surface area (Å²) in [7, 11) is 0. The number of hydrogen-bond acceptors (Lipinski definition) is 4. The summed E-state index contributed by atoms with van der Waals surface area (Å²) in [6, 6.07) is 17.7. The van der Waals surface area contributed by atoms with E-state index in [2.05, 4.69) is 29.4 Å². The summed E-state index contributed by atoms with van der Waals surface area (Å²) in [6.45, 7) is 2.68. The van der Waals surface area contributed by atoms with Crippen LogP contribution in [0.15, 0.2) is 64.5 Å². The molecule has 1 heterocycles. The van der Waals surface area contributed by atoms with Crippen molar-refractivity contribution in [2.75, 3.05) is 12.3 Å². The molecule has 1 atom stereocenters. The number of thioether (sulfide) groups is 1. The van der Waals surface area contributed by atoms with Gasteiger partial charge in [0, 0.05) is 12.6 Å². The highest BCUT2D eigenvalue weighted by atomic mass is 32.2. The Balaban J connectivity index is 1.43. The number of carbonyl (C=O) groups excluding carboxylic acids is 1. The average Bonchev–Trinajstić information content (AvgIpc) is 3.56. The quantitative estimate of drug-likeness (QED) is 0.491. The summed E-state index contributed by atoms with van der Waals surface area (Å²) in [4.78, 5) is 29.9. The van der Waals surface area contributed by atoms with Crippen molar-refractivity contribution in [3.63, 3.8) is 0 Å². The van der Waals surface area contributed by atoms with Crippen molar-refractivity contribution in [2.45, 2.75) is 36.9 Å². The van der Waals surface area contributed by atoms with Gasteiger partial charge in [0.2, 0.25) is 5.91 Å². The van der Waals surface area contributed by atoms with Crippen LogP contribution in [-0.4, -0.2) is 27.8 Å². The molecule has 3 aromatic rings. The van der Waals surface area contributed by atoms with Gasteiger partial charge in [-0.3, -0.25) is 14.2 Å². The topological polar surface area (TPSA) is 64.0 Å². The second kappa shape index (κ2) is 8.19. The van der Waals surface area contributed by atoms with E-state index < -0.39 is 0 Å². The zero-order chi connectivity index (χ0) is 19.5. The van der Waals surface area contributed by atoms with Crippen molar-refractivity contribution in [3.05, 3.63) is 70.5 Å². The minimum atomic E-state index is -0.0439. The molecular weight excluding hydrogens is 370 g/mol. The molecule has 144 valence electrons. The molecule has 1 amide bonds. The summed E-state index contributed by atoms with van der Waals surface area (Å²) < 4.78 is 1.77. The number of nitrogens with one attached hydrogen (secondary N) is 1. The van der Waals surface area contributed by atoms with E-state index in [0.717, 1.165) is 12.8 Å². The maximum atomic E-state index is 12.9. The number of carbonyl (C=O) groups is 1. The molecule has 5 nitrogen and oxygen atoms in total. The minimum absolute atomic E-state index is 0.00583. The van der Waals surface area contributed by atoms with Gasteiger partial charge in [0.15, 0.2) is 5.16 Å². The van der Waals surface area contributed by atoms with E-state index in [9.17, 15) is 9.59 Å². The number of rotatable bonds is 7. The molecule has 1 N–H and O–H groups in total. The predicted octanol–water partition coefficient (Wildman–Crippen LogP) is 3.74. The number of amides is 1. The Morgan fingerprint density at radius 2 is 1.89 bits per heavy atom. The van der Waals surface area contributed by atoms with Crippen LogP contribution in [0.1, 0.15) is 37.3 Å². The van der Waals surface area contributed by atoms with Crippen molar-refractivity contribution >= 4 is 28.6 Å². The third-order valence-electron chi connectivity index (χ3n) is 4.99. The highest BCUT2D eigenvalue weighted by Crippen LogP contribution is 2.36. The zero-order valence-electron chi connectivity index (χ0n) is 15.8. The Labute approximate surface area is 168 Å². The van der Waals surface area contributed by atoms with Crippen molar-refractivity contribution in [2.24, 2.45) is 0 Å². The van der Waals surface area contributed by atoms with Gasteiger partial charge in [0.05, 0.1) is 16.7 Å². The van der Waals surface area contributed by atoms with Gasteiger partial charge in [-0.05, 0) is 36.5 Å². The van der Waals surface area contributed by atoms with Crippen molar-refractivity contribution in [1.29, 1.82) is 0 Å². The zero-order valence-corrected chi connectivity index (χ0v) is 16.6. The largest absolute Gasteiger partial charge is 0.355 e. The number of hydrogen-bond donors (Lipinski definition) is 1. The summed E-state index contributed by atoms with van der Waals surface area (Å²) >= 11 is 1.34. The van der Waals surface area contributed by atoms with Crippen LogP contribution in [0.25, 0.3) is 10.9 Å². The molecule has 1 aliphatic rings. The lowest BCUT2D eigenvalue weighted by molar-refractivity contribution is -0.118. The van der Waals surface area contributed by atoms with E-state index in [1.807, 2.05) is 42.5 Å². The summed E-state index contributed by atoms with van der Waals surface area (Å²) in [5.74, 6) is 0.454. The molecule has 1 fully saturated rings. The molecule has 0 unspecified atom stereocenters. The maximum Gasteiger partial charge on any atom is 0.262 e. The number of para-hydroxylation sites is 1. The molecular formula is C22H23N3O2S. The van der Waals surface area contributed by atoms with Gasteiger partial charge in [-0.1, -0.05) is 61.2 Å². The highest BCUT2D eigenvalue weighted by molar-refractivity contribution is 7.99. The van der Waals surface area contributed by atoms with Crippen LogP contribution in [-0.2, 0) is 4.79 Å². The van der Waals surface area contributed by atoms with Crippen LogP contribution in [0.2, 0.25) is 0 Å². The van der Waals surface area contributed by atoms with Gasteiger partial charge in [-0.15, -0.1) is 0 Å². The lowest BCUT2D eigenvalue weighted by atomic mass is 10.0. The third-order valence-corrected chi connectivity index (χ3v) is 5.95. The van der Waals surface area contributed by atoms with Crippen LogP contribution in [0.5, 0.6) is 0 Å². The van der Waals surface area contributed by atoms with Gasteiger partial charge in [-0.25, -0.2) is 4.98 Å². The van der Waals surface area contributed by atoms with E-state index in [1.54, 1.807) is 4.57 Å². The first-order valence-electron chi connectivity index (χ1n) is 9.59. The maximum absolute atomic E-state index is 12.9. The molecule has 1 aromatic heterocycles. The van der Waals surface area contributed by atoms with Crippen LogP contribution in [0, 0.1) is 0 Å². The molecule has 28 heavy (non-hydrogen) atoms. The molecule has 0 bridgehead atoms. The first-order valence-corrected chi connectivity index (χ1v) is 10.6. The smallest absolute Gasteiger partial charge is 0.262 e. The van der Waals surface area contributed by atoms with E-state index in [1.165, 1.54) is 17.3 Å². The van der Waals surface area contributed by atoms with E-state index in [4.69, 9.17) is 0 Å². The van der Waals surface area contributed by atoms with Crippen LogP contribution in [0.3, 0.4) is 0 Å². The highest BCUT2D eigenvalue weighted by Gasteiger charge is 2.28. The summed E-state index contributed by atoms with van der Waals surface area (Å²) in [5, 5.41) is 4.27. The second-order valence-corrected chi connectivity index (χ2v) is 8.16. The average molecular weight is 394 g/mol. The molecule has 1 saturated carbocycles. The standard InChI is InChI=1S/C22H23N3O2S/c1-15(16-7-3-2-4-8-16)13-23-20(26)14-28-22-24-19-10-6-5-9-18(19)21(27)25(22)17-11-12-17/h2-10,15,17H,11-14H2,1H3,(H,23,26)/t15-/m0/s1. The molecule has 0 aliphatic heterocycles. The molecule has 4 rings (SSSR count). The summed E-state index contributed by atoms with van der Waals surface area (Å²) in [6.07, 6.45) is 1.99. The van der Waals surface area contributed by atoms with Gasteiger partial charge < -0.3 is 5.32 Å². The van der Waals surface area contributed by atoms with Crippen molar-refractivity contribution in [3.8, 4) is 0 Å². The third kappa shape index (κ3) is 4.12. The van der Waals surface area contributed by atoms with Gasteiger partial charge in [-0.2, -0.15) is 0 Å². The SMILES string of the molecule is C[C@@H](CNC(=O)CSc1nc2ccccc2c(=O)n1C1CC1)c1ccccc1. The van der Waals surface area contributed by atoms with E-state index in [0.29, 0.717) is 22.6 Å². The molecule has 1 aliphatic carbocycles. The Hall–Kier alpha value is -2.60. The van der Waals surface area contributed by atoms with Crippen LogP contribution in [0.4, 0.5) is 0 Å². The fraction of sp³-hybridized carbons (Fsp3) is 0.318. The molecule has 0 radical (unpaired) electrons. The first-order chi connectivity index (χ1) is 13.6. The number of benzene rings is 2. The van der Waals surface area contributed by atoms with E-state index in [-0.39, 0.29) is 29.2 Å². The first kappa shape index (κ1) is 18.7. The Bertz CT molecular complexity index is 1040. The lowest BCUT2D eigenvalue weighted by Gasteiger charge is -2.14. The van der Waals surface area contributed by atoms with Crippen molar-refractivity contribution < 1.29 is 4.79 Å². The number of fused-ring (bicyclic) bond motifs is 1. The molecule has 0 saturated heterocycles. The van der Waals surface area contributed by atoms with Gasteiger partial charge >= 0.3 is 0 Å². The minimum Gasteiger partial charge on any atom is -0.355 e. The Morgan fingerprint density at radius 3 is 2.64 bits per heavy atom. The second-order valence-electron chi connectivity index (χ2n) is 7.22. The van der Waals surface area contributed by atoms with Crippen molar-refractivity contribution in [1.82, 2.24) is 14.9 Å². The molecule has 0 spiro atoms. The van der Waals surface area contributed by atoms with Gasteiger partial charge in [0.1, 0.15) is 0 Å². The molecule has 2 aromatic carbocycles. The van der Waals surface area contributed by atoms with Crippen LogP contribution < -0.4 is 10.9 Å². The summed E-state index contributed by atoms with van der Waals surface area (Å²) in [5.41, 5.74) is 1.88. The fourth-order valence-electron chi connectivity index (χ4n) is 3.23. The van der Waals surface area contributed by atoms with Crippen LogP contribution >= 0.6 is 11.8 Å². The molecule has 6 heteroatoms. The Morgan fingerprint density at radius 1 is 1.18 bits per heavy atom.